The largest absolute Gasteiger partial charge is 0.350 e. The fourth-order valence-electron chi connectivity index (χ4n) is 2.28. The van der Waals surface area contributed by atoms with Crippen molar-refractivity contribution < 1.29 is 9.18 Å². The Labute approximate surface area is 129 Å². The van der Waals surface area contributed by atoms with Crippen LogP contribution in [0.4, 0.5) is 10.1 Å². The number of rotatable bonds is 2. The summed E-state index contributed by atoms with van der Waals surface area (Å²) < 4.78 is 14.1. The maximum absolute atomic E-state index is 13.3. The molecule has 106 valence electrons. The van der Waals surface area contributed by atoms with Crippen LogP contribution in [-0.4, -0.2) is 10.9 Å². The molecule has 0 atom stereocenters. The first-order chi connectivity index (χ1) is 10.1. The second-order valence-corrected chi connectivity index (χ2v) is 5.60. The number of fused-ring (bicyclic) bond motifs is 1. The normalized spacial score (nSPS) is 10.8. The van der Waals surface area contributed by atoms with Gasteiger partial charge in [0.25, 0.3) is 5.91 Å². The summed E-state index contributed by atoms with van der Waals surface area (Å²) in [6.45, 7) is 1.84. The first-order valence-corrected chi connectivity index (χ1v) is 7.19. The Morgan fingerprint density at radius 3 is 2.76 bits per heavy atom. The number of hydrogen-bond acceptors (Lipinski definition) is 1. The number of aromatic amines is 1. The van der Waals surface area contributed by atoms with Gasteiger partial charge in [-0.05, 0) is 58.7 Å². The van der Waals surface area contributed by atoms with E-state index in [2.05, 4.69) is 26.2 Å². The van der Waals surface area contributed by atoms with E-state index >= 15 is 0 Å². The van der Waals surface area contributed by atoms with E-state index in [1.807, 2.05) is 25.1 Å². The molecule has 2 N–H and O–H groups in total. The standard InChI is InChI=1S/C16H12BrFN2O/c1-9-11-7-6-10(18)8-14(11)19-15(9)16(21)20-13-5-3-2-4-12(13)17/h2-8,19H,1H3,(H,20,21). The molecule has 1 heterocycles. The smallest absolute Gasteiger partial charge is 0.272 e. The highest BCUT2D eigenvalue weighted by Crippen LogP contribution is 2.25. The number of aromatic nitrogens is 1. The van der Waals surface area contributed by atoms with Crippen LogP contribution in [0.5, 0.6) is 0 Å². The number of H-pyrrole nitrogens is 1. The second-order valence-electron chi connectivity index (χ2n) is 4.75. The zero-order valence-corrected chi connectivity index (χ0v) is 12.8. The number of anilines is 1. The number of carbonyl (C=O) groups excluding carboxylic acids is 1. The number of amides is 1. The SMILES string of the molecule is Cc1c(C(=O)Nc2ccccc2Br)[nH]c2cc(F)ccc12. The van der Waals surface area contributed by atoms with Crippen LogP contribution in [0.3, 0.4) is 0 Å². The minimum Gasteiger partial charge on any atom is -0.350 e. The average Bonchev–Trinajstić information content (AvgIpc) is 2.78. The highest BCUT2D eigenvalue weighted by Gasteiger charge is 2.16. The molecule has 0 fully saturated rings. The summed E-state index contributed by atoms with van der Waals surface area (Å²) in [7, 11) is 0. The van der Waals surface area contributed by atoms with Gasteiger partial charge in [-0.25, -0.2) is 4.39 Å². The van der Waals surface area contributed by atoms with Crippen molar-refractivity contribution in [2.75, 3.05) is 5.32 Å². The molecule has 0 radical (unpaired) electrons. The molecule has 3 aromatic rings. The van der Waals surface area contributed by atoms with Gasteiger partial charge in [0, 0.05) is 15.4 Å². The molecule has 0 aliphatic rings. The number of carbonyl (C=O) groups is 1. The summed E-state index contributed by atoms with van der Waals surface area (Å²) in [6.07, 6.45) is 0. The van der Waals surface area contributed by atoms with E-state index in [-0.39, 0.29) is 11.7 Å². The van der Waals surface area contributed by atoms with E-state index in [1.165, 1.54) is 12.1 Å². The molecule has 0 saturated carbocycles. The van der Waals surface area contributed by atoms with Crippen LogP contribution in [0, 0.1) is 12.7 Å². The van der Waals surface area contributed by atoms with Crippen LogP contribution < -0.4 is 5.32 Å². The summed E-state index contributed by atoms with van der Waals surface area (Å²) in [6, 6.07) is 11.8. The van der Waals surface area contributed by atoms with E-state index in [0.29, 0.717) is 16.9 Å². The Kier molecular flexibility index (Phi) is 3.51. The molecular weight excluding hydrogens is 335 g/mol. The van der Waals surface area contributed by atoms with Gasteiger partial charge in [0.1, 0.15) is 11.5 Å². The van der Waals surface area contributed by atoms with E-state index < -0.39 is 0 Å². The Balaban J connectivity index is 1.98. The molecule has 1 aromatic heterocycles. The fourth-order valence-corrected chi connectivity index (χ4v) is 2.67. The number of para-hydroxylation sites is 1. The molecule has 0 bridgehead atoms. The van der Waals surface area contributed by atoms with Gasteiger partial charge in [0.15, 0.2) is 0 Å². The van der Waals surface area contributed by atoms with Gasteiger partial charge < -0.3 is 10.3 Å². The third-order valence-electron chi connectivity index (χ3n) is 3.37. The maximum atomic E-state index is 13.3. The number of aryl methyl sites for hydroxylation is 1. The monoisotopic (exact) mass is 346 g/mol. The molecule has 0 aliphatic heterocycles. The van der Waals surface area contributed by atoms with Gasteiger partial charge in [-0.2, -0.15) is 0 Å². The Morgan fingerprint density at radius 2 is 2.00 bits per heavy atom. The summed E-state index contributed by atoms with van der Waals surface area (Å²) in [5, 5.41) is 3.67. The molecule has 0 spiro atoms. The van der Waals surface area contributed by atoms with Crippen molar-refractivity contribution in [1.82, 2.24) is 4.98 Å². The van der Waals surface area contributed by atoms with Crippen LogP contribution in [0.2, 0.25) is 0 Å². The predicted octanol–water partition coefficient (Wildman–Crippen LogP) is 4.63. The first-order valence-electron chi connectivity index (χ1n) is 6.40. The van der Waals surface area contributed by atoms with Crippen molar-refractivity contribution >= 4 is 38.4 Å². The van der Waals surface area contributed by atoms with Crippen molar-refractivity contribution in [3.05, 3.63) is 64.0 Å². The molecule has 21 heavy (non-hydrogen) atoms. The predicted molar refractivity (Wildman–Crippen MR) is 85.1 cm³/mol. The summed E-state index contributed by atoms with van der Waals surface area (Å²) >= 11 is 3.39. The number of hydrogen-bond donors (Lipinski definition) is 2. The van der Waals surface area contributed by atoms with E-state index in [0.717, 1.165) is 15.4 Å². The van der Waals surface area contributed by atoms with Crippen molar-refractivity contribution in [2.24, 2.45) is 0 Å². The van der Waals surface area contributed by atoms with Gasteiger partial charge in [0.2, 0.25) is 0 Å². The molecule has 3 nitrogen and oxygen atoms in total. The third kappa shape index (κ3) is 2.56. The fraction of sp³-hybridized carbons (Fsp3) is 0.0625. The lowest BCUT2D eigenvalue weighted by atomic mass is 10.1. The third-order valence-corrected chi connectivity index (χ3v) is 4.06. The summed E-state index contributed by atoms with van der Waals surface area (Å²) in [5.41, 5.74) is 2.54. The first kappa shape index (κ1) is 13.8. The highest BCUT2D eigenvalue weighted by molar-refractivity contribution is 9.10. The highest BCUT2D eigenvalue weighted by atomic mass is 79.9. The van der Waals surface area contributed by atoms with Crippen LogP contribution >= 0.6 is 15.9 Å². The van der Waals surface area contributed by atoms with E-state index in [1.54, 1.807) is 12.1 Å². The number of halogens is 2. The van der Waals surface area contributed by atoms with Gasteiger partial charge >= 0.3 is 0 Å². The molecule has 3 rings (SSSR count). The molecule has 0 saturated heterocycles. The van der Waals surface area contributed by atoms with Crippen molar-refractivity contribution in [3.63, 3.8) is 0 Å². The molecule has 1 amide bonds. The van der Waals surface area contributed by atoms with Crippen molar-refractivity contribution in [2.45, 2.75) is 6.92 Å². The van der Waals surface area contributed by atoms with Crippen molar-refractivity contribution in [1.29, 1.82) is 0 Å². The van der Waals surface area contributed by atoms with E-state index in [9.17, 15) is 9.18 Å². The van der Waals surface area contributed by atoms with Crippen LogP contribution in [-0.2, 0) is 0 Å². The minimum absolute atomic E-state index is 0.254. The number of benzene rings is 2. The zero-order chi connectivity index (χ0) is 15.0. The van der Waals surface area contributed by atoms with Crippen LogP contribution in [0.15, 0.2) is 46.9 Å². The Hall–Kier alpha value is -2.14. The van der Waals surface area contributed by atoms with Gasteiger partial charge in [-0.1, -0.05) is 12.1 Å². The zero-order valence-electron chi connectivity index (χ0n) is 11.2. The van der Waals surface area contributed by atoms with Crippen molar-refractivity contribution in [3.8, 4) is 0 Å². The van der Waals surface area contributed by atoms with Crippen LogP contribution in [0.1, 0.15) is 16.1 Å². The lowest BCUT2D eigenvalue weighted by Crippen LogP contribution is -2.13. The van der Waals surface area contributed by atoms with E-state index in [4.69, 9.17) is 0 Å². The minimum atomic E-state index is -0.332. The summed E-state index contributed by atoms with van der Waals surface area (Å²) in [5.74, 6) is -0.586. The molecule has 0 aliphatic carbocycles. The van der Waals surface area contributed by atoms with Gasteiger partial charge in [-0.15, -0.1) is 0 Å². The summed E-state index contributed by atoms with van der Waals surface area (Å²) in [4.78, 5) is 15.4. The Bertz CT molecular complexity index is 841. The lowest BCUT2D eigenvalue weighted by molar-refractivity contribution is 0.102. The molecule has 5 heteroatoms. The second kappa shape index (κ2) is 5.33. The quantitative estimate of drug-likeness (QED) is 0.698. The Morgan fingerprint density at radius 1 is 1.24 bits per heavy atom. The molecular formula is C16H12BrFN2O. The molecule has 2 aromatic carbocycles. The maximum Gasteiger partial charge on any atom is 0.272 e. The molecule has 0 unspecified atom stereocenters. The van der Waals surface area contributed by atoms with Gasteiger partial charge in [-0.3, -0.25) is 4.79 Å². The lowest BCUT2D eigenvalue weighted by Gasteiger charge is -2.06. The van der Waals surface area contributed by atoms with Crippen LogP contribution in [0.25, 0.3) is 10.9 Å². The number of nitrogens with one attached hydrogen (secondary N) is 2. The van der Waals surface area contributed by atoms with Gasteiger partial charge in [0.05, 0.1) is 5.69 Å². The topological polar surface area (TPSA) is 44.9 Å². The average molecular weight is 347 g/mol.